The summed E-state index contributed by atoms with van der Waals surface area (Å²) in [6, 6.07) is 6.93. The zero-order valence-electron chi connectivity index (χ0n) is 21.8. The second-order valence-corrected chi connectivity index (χ2v) is 12.2. The largest absolute Gasteiger partial charge is 0.457 e. The van der Waals surface area contributed by atoms with E-state index in [4.69, 9.17) is 18.9 Å². The van der Waals surface area contributed by atoms with E-state index < -0.39 is 39.4 Å². The average Bonchev–Trinajstić information content (AvgIpc) is 3.68. The molecule has 39 heavy (non-hydrogen) atoms. The number of carbonyl (C=O) groups excluding carboxylic acids is 2. The highest BCUT2D eigenvalue weighted by atomic mass is 32.2. The molecule has 2 aromatic rings. The standard InChI is InChI=1S/C27H30N2O9S/c1-3-26(38-24(31)21-5-4-11-29(21)39(33,34)18-8-6-17(2)7-9-18)20-15-22-27(36-13-14-37-27)10-12-28(22)23(30)19(20)16-35-25(26)32/h6-9,15,21H,3-5,10-14,16H2,1-2H3/t21-,26?/m1/s1. The molecule has 0 amide bonds. The molecular weight excluding hydrogens is 528 g/mol. The molecule has 1 spiro atoms. The Morgan fingerprint density at radius 1 is 1.13 bits per heavy atom. The number of esters is 2. The first kappa shape index (κ1) is 26.2. The maximum absolute atomic E-state index is 13.7. The lowest BCUT2D eigenvalue weighted by Gasteiger charge is -2.37. The van der Waals surface area contributed by atoms with E-state index in [2.05, 4.69) is 0 Å². The molecule has 2 atom stereocenters. The number of ether oxygens (including phenoxy) is 4. The number of aromatic nitrogens is 1. The summed E-state index contributed by atoms with van der Waals surface area (Å²) >= 11 is 0. The van der Waals surface area contributed by atoms with Crippen molar-refractivity contribution in [1.82, 2.24) is 8.87 Å². The number of fused-ring (bicyclic) bond motifs is 3. The minimum atomic E-state index is -3.99. The fourth-order valence-corrected chi connectivity index (χ4v) is 7.72. The number of sulfonamides is 1. The second kappa shape index (κ2) is 9.26. The van der Waals surface area contributed by atoms with E-state index in [1.54, 1.807) is 29.7 Å². The number of aryl methyl sites for hydroxylation is 1. The third-order valence-corrected chi connectivity index (χ3v) is 10.1. The third-order valence-electron chi connectivity index (χ3n) is 8.20. The van der Waals surface area contributed by atoms with Gasteiger partial charge in [0.2, 0.25) is 21.4 Å². The van der Waals surface area contributed by atoms with E-state index in [0.717, 1.165) is 9.87 Å². The van der Waals surface area contributed by atoms with Gasteiger partial charge in [-0.25, -0.2) is 13.2 Å². The van der Waals surface area contributed by atoms with Gasteiger partial charge in [-0.2, -0.15) is 4.31 Å². The molecule has 0 aliphatic carbocycles. The summed E-state index contributed by atoms with van der Waals surface area (Å²) in [7, 11) is -3.99. The van der Waals surface area contributed by atoms with Gasteiger partial charge < -0.3 is 23.5 Å². The van der Waals surface area contributed by atoms with Crippen LogP contribution in [0.3, 0.4) is 0 Å². The van der Waals surface area contributed by atoms with E-state index >= 15 is 0 Å². The molecule has 4 aliphatic heterocycles. The Bertz CT molecular complexity index is 1510. The van der Waals surface area contributed by atoms with E-state index in [0.29, 0.717) is 38.3 Å². The summed E-state index contributed by atoms with van der Waals surface area (Å²) < 4.78 is 52.7. The molecule has 0 N–H and O–H groups in total. The van der Waals surface area contributed by atoms with Crippen LogP contribution in [-0.2, 0) is 63.1 Å². The maximum Gasteiger partial charge on any atom is 0.355 e. The summed E-state index contributed by atoms with van der Waals surface area (Å²) in [4.78, 5) is 40.6. The van der Waals surface area contributed by atoms with Gasteiger partial charge in [-0.3, -0.25) is 9.59 Å². The lowest BCUT2D eigenvalue weighted by atomic mass is 9.85. The first-order valence-electron chi connectivity index (χ1n) is 13.2. The number of carbonyl (C=O) groups is 2. The number of nitrogens with zero attached hydrogens (tertiary/aromatic N) is 2. The maximum atomic E-state index is 13.7. The lowest BCUT2D eigenvalue weighted by molar-refractivity contribution is -0.191. The van der Waals surface area contributed by atoms with Crippen LogP contribution < -0.4 is 5.56 Å². The Morgan fingerprint density at radius 3 is 2.54 bits per heavy atom. The molecule has 1 unspecified atom stereocenters. The van der Waals surface area contributed by atoms with Crippen molar-refractivity contribution >= 4 is 22.0 Å². The van der Waals surface area contributed by atoms with Gasteiger partial charge in [0.25, 0.3) is 5.56 Å². The zero-order valence-corrected chi connectivity index (χ0v) is 22.6. The molecule has 0 bridgehead atoms. The normalized spacial score (nSPS) is 25.9. The van der Waals surface area contributed by atoms with Crippen LogP contribution >= 0.6 is 0 Å². The molecule has 1 aromatic heterocycles. The Hall–Kier alpha value is -3.06. The molecule has 1 aromatic carbocycles. The van der Waals surface area contributed by atoms with Crippen LogP contribution in [0, 0.1) is 6.92 Å². The number of cyclic esters (lactones) is 1. The summed E-state index contributed by atoms with van der Waals surface area (Å²) in [6.07, 6.45) is 1.12. The monoisotopic (exact) mass is 558 g/mol. The first-order valence-corrected chi connectivity index (χ1v) is 14.6. The second-order valence-electron chi connectivity index (χ2n) is 10.3. The Balaban J connectivity index is 1.38. The number of rotatable bonds is 5. The molecule has 6 rings (SSSR count). The summed E-state index contributed by atoms with van der Waals surface area (Å²) in [6.45, 7) is 4.51. The van der Waals surface area contributed by atoms with E-state index in [1.165, 1.54) is 12.1 Å². The van der Waals surface area contributed by atoms with Gasteiger partial charge >= 0.3 is 11.9 Å². The van der Waals surface area contributed by atoms with Crippen LogP contribution in [0.5, 0.6) is 0 Å². The predicted octanol–water partition coefficient (Wildman–Crippen LogP) is 1.82. The average molecular weight is 559 g/mol. The quantitative estimate of drug-likeness (QED) is 0.505. The first-order chi connectivity index (χ1) is 18.6. The molecule has 2 fully saturated rings. The van der Waals surface area contributed by atoms with Gasteiger partial charge in [0, 0.05) is 25.1 Å². The van der Waals surface area contributed by atoms with Crippen molar-refractivity contribution in [2.75, 3.05) is 19.8 Å². The number of pyridine rings is 1. The molecule has 4 aliphatic rings. The molecule has 5 heterocycles. The molecule has 208 valence electrons. The van der Waals surface area contributed by atoms with Crippen molar-refractivity contribution in [2.24, 2.45) is 0 Å². The topological polar surface area (TPSA) is 130 Å². The predicted molar refractivity (Wildman–Crippen MR) is 135 cm³/mol. The Labute approximate surface area is 225 Å². The number of hydrogen-bond donors (Lipinski definition) is 0. The highest BCUT2D eigenvalue weighted by molar-refractivity contribution is 7.89. The van der Waals surface area contributed by atoms with Crippen LogP contribution in [0.2, 0.25) is 0 Å². The number of hydrogen-bond acceptors (Lipinski definition) is 9. The van der Waals surface area contributed by atoms with Crippen LogP contribution in [-0.4, -0.2) is 55.0 Å². The lowest BCUT2D eigenvalue weighted by Crippen LogP contribution is -2.51. The van der Waals surface area contributed by atoms with Gasteiger partial charge in [0.05, 0.1) is 29.4 Å². The minimum absolute atomic E-state index is 0.0143. The Kier molecular flexibility index (Phi) is 6.21. The van der Waals surface area contributed by atoms with Crippen molar-refractivity contribution in [1.29, 1.82) is 0 Å². The van der Waals surface area contributed by atoms with Crippen LogP contribution in [0.4, 0.5) is 0 Å². The molecule has 12 heteroatoms. The van der Waals surface area contributed by atoms with Gasteiger partial charge in [-0.15, -0.1) is 0 Å². The molecule has 0 saturated carbocycles. The summed E-state index contributed by atoms with van der Waals surface area (Å²) in [5.74, 6) is -2.76. The highest BCUT2D eigenvalue weighted by Gasteiger charge is 2.54. The van der Waals surface area contributed by atoms with Crippen molar-refractivity contribution in [3.05, 3.63) is 63.1 Å². The fraction of sp³-hybridized carbons (Fsp3) is 0.519. The fourth-order valence-electron chi connectivity index (χ4n) is 6.08. The van der Waals surface area contributed by atoms with E-state index in [1.807, 2.05) is 6.92 Å². The van der Waals surface area contributed by atoms with E-state index in [-0.39, 0.29) is 47.6 Å². The van der Waals surface area contributed by atoms with Crippen molar-refractivity contribution < 1.29 is 37.0 Å². The molecule has 11 nitrogen and oxygen atoms in total. The molecular formula is C27H30N2O9S. The highest BCUT2D eigenvalue weighted by Crippen LogP contribution is 2.44. The number of benzene rings is 1. The molecule has 0 radical (unpaired) electrons. The van der Waals surface area contributed by atoms with Crippen molar-refractivity contribution in [3.63, 3.8) is 0 Å². The third kappa shape index (κ3) is 3.87. The summed E-state index contributed by atoms with van der Waals surface area (Å²) in [5.41, 5.74) is -0.441. The van der Waals surface area contributed by atoms with Crippen LogP contribution in [0.15, 0.2) is 40.0 Å². The van der Waals surface area contributed by atoms with Crippen LogP contribution in [0.25, 0.3) is 0 Å². The zero-order chi connectivity index (χ0) is 27.6. The molecule has 2 saturated heterocycles. The van der Waals surface area contributed by atoms with Gasteiger partial charge in [-0.1, -0.05) is 24.6 Å². The van der Waals surface area contributed by atoms with Crippen LogP contribution in [0.1, 0.15) is 55.0 Å². The van der Waals surface area contributed by atoms with E-state index in [9.17, 15) is 22.8 Å². The smallest absolute Gasteiger partial charge is 0.355 e. The van der Waals surface area contributed by atoms with Gasteiger partial charge in [0.1, 0.15) is 12.6 Å². The minimum Gasteiger partial charge on any atom is -0.457 e. The van der Waals surface area contributed by atoms with Crippen molar-refractivity contribution in [3.8, 4) is 0 Å². The SMILES string of the molecule is CCC1(OC(=O)[C@H]2CCCN2S(=O)(=O)c2ccc(C)cc2)C(=O)OCc2c1cc1n(c2=O)CCC12OCCO2. The van der Waals surface area contributed by atoms with Crippen molar-refractivity contribution in [2.45, 2.75) is 75.0 Å². The van der Waals surface area contributed by atoms with Gasteiger partial charge in [-0.05, 0) is 44.4 Å². The van der Waals surface area contributed by atoms with Gasteiger partial charge in [0.15, 0.2) is 0 Å². The Morgan fingerprint density at radius 2 is 1.85 bits per heavy atom. The summed E-state index contributed by atoms with van der Waals surface area (Å²) in [5, 5.41) is 0.